The van der Waals surface area contributed by atoms with Crippen molar-refractivity contribution < 1.29 is 9.90 Å². The molecule has 2 aromatic carbocycles. The molecule has 1 amide bonds. The van der Waals surface area contributed by atoms with Gasteiger partial charge < -0.3 is 10.0 Å². The van der Waals surface area contributed by atoms with E-state index in [1.165, 1.54) is 5.56 Å². The van der Waals surface area contributed by atoms with Crippen LogP contribution in [0.2, 0.25) is 0 Å². The standard InChI is InChI=1S/C25H26N2O2/c28-18-19-8-10-22(11-9-19)24-13-12-23(17-26-24)25(29)27-15-4-7-21(14-16-27)20-5-2-1-3-6-20/h1-3,5-6,8-13,17,21,28H,4,7,14-16,18H2/t21-/m0/s1. The maximum absolute atomic E-state index is 13.0. The van der Waals surface area contributed by atoms with Crippen LogP contribution in [-0.2, 0) is 6.61 Å². The summed E-state index contributed by atoms with van der Waals surface area (Å²) in [5.41, 5.74) is 4.68. The van der Waals surface area contributed by atoms with Crippen molar-refractivity contribution in [2.75, 3.05) is 13.1 Å². The molecule has 0 bridgehead atoms. The van der Waals surface area contributed by atoms with Crippen molar-refractivity contribution in [2.24, 2.45) is 0 Å². The van der Waals surface area contributed by atoms with Crippen molar-refractivity contribution in [2.45, 2.75) is 31.8 Å². The molecule has 0 aliphatic carbocycles. The minimum absolute atomic E-state index is 0.0299. The minimum Gasteiger partial charge on any atom is -0.392 e. The van der Waals surface area contributed by atoms with Crippen LogP contribution in [0.3, 0.4) is 0 Å². The van der Waals surface area contributed by atoms with Crippen molar-refractivity contribution in [3.05, 3.63) is 89.6 Å². The molecular weight excluding hydrogens is 360 g/mol. The first kappa shape index (κ1) is 19.3. The normalized spacial score (nSPS) is 17.0. The molecule has 2 heterocycles. The van der Waals surface area contributed by atoms with E-state index in [9.17, 15) is 4.79 Å². The Morgan fingerprint density at radius 1 is 0.966 bits per heavy atom. The number of aromatic nitrogens is 1. The fourth-order valence-electron chi connectivity index (χ4n) is 4.01. The number of benzene rings is 2. The number of aliphatic hydroxyl groups is 1. The summed E-state index contributed by atoms with van der Waals surface area (Å²) in [4.78, 5) is 19.4. The van der Waals surface area contributed by atoms with E-state index >= 15 is 0 Å². The maximum Gasteiger partial charge on any atom is 0.255 e. The number of aliphatic hydroxyl groups excluding tert-OH is 1. The third-order valence-electron chi connectivity index (χ3n) is 5.73. The van der Waals surface area contributed by atoms with E-state index in [0.29, 0.717) is 11.5 Å². The molecule has 29 heavy (non-hydrogen) atoms. The van der Waals surface area contributed by atoms with Gasteiger partial charge in [0, 0.05) is 24.8 Å². The molecule has 1 fully saturated rings. The molecule has 0 saturated carbocycles. The van der Waals surface area contributed by atoms with Gasteiger partial charge in [0.15, 0.2) is 0 Å². The van der Waals surface area contributed by atoms with Gasteiger partial charge in [-0.05, 0) is 48.4 Å². The molecule has 1 aromatic heterocycles. The number of hydrogen-bond donors (Lipinski definition) is 1. The van der Waals surface area contributed by atoms with Crippen LogP contribution < -0.4 is 0 Å². The van der Waals surface area contributed by atoms with Gasteiger partial charge in [-0.3, -0.25) is 9.78 Å². The van der Waals surface area contributed by atoms with Crippen LogP contribution in [0.15, 0.2) is 72.9 Å². The van der Waals surface area contributed by atoms with E-state index in [4.69, 9.17) is 5.11 Å². The molecule has 1 saturated heterocycles. The average molecular weight is 386 g/mol. The molecule has 0 spiro atoms. The van der Waals surface area contributed by atoms with Gasteiger partial charge in [0.1, 0.15) is 0 Å². The number of likely N-dealkylation sites (tertiary alicyclic amines) is 1. The van der Waals surface area contributed by atoms with Crippen LogP contribution >= 0.6 is 0 Å². The molecule has 3 aromatic rings. The molecule has 4 nitrogen and oxygen atoms in total. The Morgan fingerprint density at radius 2 is 1.76 bits per heavy atom. The Balaban J connectivity index is 1.42. The lowest BCUT2D eigenvalue weighted by Crippen LogP contribution is -2.32. The SMILES string of the molecule is O=C(c1ccc(-c2ccc(CO)cc2)nc1)N1CCC[C@H](c2ccccc2)CC1. The van der Waals surface area contributed by atoms with E-state index in [-0.39, 0.29) is 12.5 Å². The zero-order chi connectivity index (χ0) is 20.1. The van der Waals surface area contributed by atoms with E-state index in [1.807, 2.05) is 47.4 Å². The number of amides is 1. The van der Waals surface area contributed by atoms with Gasteiger partial charge in [0.2, 0.25) is 0 Å². The first-order valence-electron chi connectivity index (χ1n) is 10.2. The summed E-state index contributed by atoms with van der Waals surface area (Å²) < 4.78 is 0. The van der Waals surface area contributed by atoms with Crippen molar-refractivity contribution in [3.63, 3.8) is 0 Å². The molecule has 1 aliphatic rings. The summed E-state index contributed by atoms with van der Waals surface area (Å²) in [5, 5.41) is 9.16. The van der Waals surface area contributed by atoms with E-state index < -0.39 is 0 Å². The van der Waals surface area contributed by atoms with Crippen molar-refractivity contribution in [3.8, 4) is 11.3 Å². The van der Waals surface area contributed by atoms with Crippen molar-refractivity contribution >= 4 is 5.91 Å². The fraction of sp³-hybridized carbons (Fsp3) is 0.280. The maximum atomic E-state index is 13.0. The largest absolute Gasteiger partial charge is 0.392 e. The summed E-state index contributed by atoms with van der Waals surface area (Å²) in [6, 6.07) is 22.0. The van der Waals surface area contributed by atoms with Gasteiger partial charge in [-0.1, -0.05) is 54.6 Å². The van der Waals surface area contributed by atoms with E-state index in [1.54, 1.807) is 6.20 Å². The van der Waals surface area contributed by atoms with Gasteiger partial charge in [-0.15, -0.1) is 0 Å². The number of rotatable bonds is 4. The number of carbonyl (C=O) groups is 1. The predicted octanol–water partition coefficient (Wildman–Crippen LogP) is 4.65. The van der Waals surface area contributed by atoms with Gasteiger partial charge in [0.05, 0.1) is 17.9 Å². The smallest absolute Gasteiger partial charge is 0.255 e. The molecular formula is C25H26N2O2. The quantitative estimate of drug-likeness (QED) is 0.710. The average Bonchev–Trinajstić information content (AvgIpc) is 3.06. The Morgan fingerprint density at radius 3 is 2.45 bits per heavy atom. The molecule has 0 unspecified atom stereocenters. The highest BCUT2D eigenvalue weighted by molar-refractivity contribution is 5.94. The summed E-state index contributed by atoms with van der Waals surface area (Å²) in [6.07, 6.45) is 4.82. The van der Waals surface area contributed by atoms with E-state index in [0.717, 1.165) is 49.2 Å². The van der Waals surface area contributed by atoms with Crippen LogP contribution in [0.5, 0.6) is 0 Å². The molecule has 4 rings (SSSR count). The molecule has 148 valence electrons. The monoisotopic (exact) mass is 386 g/mol. The molecule has 1 aliphatic heterocycles. The van der Waals surface area contributed by atoms with Gasteiger partial charge >= 0.3 is 0 Å². The second-order valence-electron chi connectivity index (χ2n) is 7.62. The Hall–Kier alpha value is -2.98. The third-order valence-corrected chi connectivity index (χ3v) is 5.73. The highest BCUT2D eigenvalue weighted by Crippen LogP contribution is 2.28. The lowest BCUT2D eigenvalue weighted by Gasteiger charge is -2.21. The Labute approximate surface area is 171 Å². The Bertz CT molecular complexity index is 937. The lowest BCUT2D eigenvalue weighted by molar-refractivity contribution is 0.0760. The predicted molar refractivity (Wildman–Crippen MR) is 115 cm³/mol. The van der Waals surface area contributed by atoms with Crippen LogP contribution in [0.4, 0.5) is 0 Å². The summed E-state index contributed by atoms with van der Waals surface area (Å²) in [7, 11) is 0. The van der Waals surface area contributed by atoms with E-state index in [2.05, 4.69) is 29.2 Å². The highest BCUT2D eigenvalue weighted by atomic mass is 16.3. The second kappa shape index (κ2) is 9.01. The van der Waals surface area contributed by atoms with Gasteiger partial charge in [0.25, 0.3) is 5.91 Å². The minimum atomic E-state index is 0.0299. The highest BCUT2D eigenvalue weighted by Gasteiger charge is 2.22. The van der Waals surface area contributed by atoms with Gasteiger partial charge in [-0.2, -0.15) is 0 Å². The summed E-state index contributed by atoms with van der Waals surface area (Å²) in [6.45, 7) is 1.61. The van der Waals surface area contributed by atoms with Crippen molar-refractivity contribution in [1.82, 2.24) is 9.88 Å². The van der Waals surface area contributed by atoms with Gasteiger partial charge in [-0.25, -0.2) is 0 Å². The van der Waals surface area contributed by atoms with Crippen LogP contribution in [0.25, 0.3) is 11.3 Å². The first-order valence-corrected chi connectivity index (χ1v) is 10.2. The molecule has 0 radical (unpaired) electrons. The zero-order valence-corrected chi connectivity index (χ0v) is 16.5. The first-order chi connectivity index (χ1) is 14.2. The molecule has 1 N–H and O–H groups in total. The lowest BCUT2D eigenvalue weighted by atomic mass is 9.92. The summed E-state index contributed by atoms with van der Waals surface area (Å²) in [5.74, 6) is 0.588. The molecule has 1 atom stereocenters. The topological polar surface area (TPSA) is 53.4 Å². The molecule has 4 heteroatoms. The number of pyridine rings is 1. The summed E-state index contributed by atoms with van der Waals surface area (Å²) >= 11 is 0. The number of nitrogens with zero attached hydrogens (tertiary/aromatic N) is 2. The van der Waals surface area contributed by atoms with Crippen LogP contribution in [0, 0.1) is 0 Å². The second-order valence-corrected chi connectivity index (χ2v) is 7.62. The third kappa shape index (κ3) is 4.54. The van der Waals surface area contributed by atoms with Crippen LogP contribution in [0.1, 0.15) is 46.7 Å². The van der Waals surface area contributed by atoms with Crippen LogP contribution in [-0.4, -0.2) is 34.0 Å². The number of carbonyl (C=O) groups excluding carboxylic acids is 1. The fourth-order valence-corrected chi connectivity index (χ4v) is 4.01. The van der Waals surface area contributed by atoms with Crippen molar-refractivity contribution in [1.29, 1.82) is 0 Å². The zero-order valence-electron chi connectivity index (χ0n) is 16.5. The number of hydrogen-bond acceptors (Lipinski definition) is 3. The Kier molecular flexibility index (Phi) is 6.01.